The molecule has 3 aromatic rings. The molecule has 0 fully saturated rings. The Morgan fingerprint density at radius 1 is 1.00 bits per heavy atom. The van der Waals surface area contributed by atoms with Crippen molar-refractivity contribution in [3.63, 3.8) is 0 Å². The van der Waals surface area contributed by atoms with E-state index in [2.05, 4.69) is 5.32 Å². The number of benzene rings is 3. The minimum absolute atomic E-state index is 0.138. The number of anilines is 2. The van der Waals surface area contributed by atoms with Crippen molar-refractivity contribution in [2.45, 2.75) is 13.5 Å². The summed E-state index contributed by atoms with van der Waals surface area (Å²) in [7, 11) is -3.73. The van der Waals surface area contributed by atoms with Crippen LogP contribution in [0.15, 0.2) is 66.7 Å². The van der Waals surface area contributed by atoms with Crippen LogP contribution in [-0.4, -0.2) is 27.2 Å². The minimum atomic E-state index is -3.73. The monoisotopic (exact) mass is 460 g/mol. The first kappa shape index (κ1) is 23.2. The normalized spacial score (nSPS) is 11.1. The van der Waals surface area contributed by atoms with Gasteiger partial charge >= 0.3 is 0 Å². The van der Waals surface area contributed by atoms with E-state index < -0.39 is 27.6 Å². The maximum absolute atomic E-state index is 13.4. The smallest absolute Gasteiger partial charge is 0.255 e. The molecule has 0 heterocycles. The van der Waals surface area contributed by atoms with Crippen LogP contribution in [0.1, 0.15) is 22.8 Å². The largest absolute Gasteiger partial charge is 0.494 e. The maximum atomic E-state index is 13.4. The van der Waals surface area contributed by atoms with E-state index >= 15 is 0 Å². The fourth-order valence-electron chi connectivity index (χ4n) is 3.07. The molecule has 32 heavy (non-hydrogen) atoms. The summed E-state index contributed by atoms with van der Waals surface area (Å²) in [6.07, 6.45) is 1.04. The third kappa shape index (κ3) is 5.82. The number of carbonyl (C=O) groups is 1. The second-order valence-corrected chi connectivity index (χ2v) is 8.87. The van der Waals surface area contributed by atoms with Crippen molar-refractivity contribution in [3.8, 4) is 5.75 Å². The standard InChI is InChI=1S/C23H22F2N2O4S/c1-3-31-22-12-7-16(23(28)26-20-6-4-5-19(25)14-20)13-17(22)15-27(32(2,29)30)21-10-8-18(24)9-11-21/h4-14H,3,15H2,1-2H3,(H,26,28). The molecule has 9 heteroatoms. The Balaban J connectivity index is 1.95. The number of halogens is 2. The molecule has 0 unspecified atom stereocenters. The van der Waals surface area contributed by atoms with Crippen molar-refractivity contribution in [3.05, 3.63) is 89.5 Å². The van der Waals surface area contributed by atoms with E-state index in [9.17, 15) is 22.0 Å². The van der Waals surface area contributed by atoms with E-state index in [1.165, 1.54) is 54.6 Å². The molecule has 3 aromatic carbocycles. The summed E-state index contributed by atoms with van der Waals surface area (Å²) in [5.74, 6) is -1.07. The lowest BCUT2D eigenvalue weighted by molar-refractivity contribution is 0.102. The predicted octanol–water partition coefficient (Wildman–Crippen LogP) is 4.58. The van der Waals surface area contributed by atoms with Crippen LogP contribution in [0.4, 0.5) is 20.2 Å². The number of hydrogen-bond donors (Lipinski definition) is 1. The molecule has 0 spiro atoms. The molecular formula is C23H22F2N2O4S. The Labute approximate surface area is 185 Å². The first-order chi connectivity index (χ1) is 15.2. The number of amides is 1. The zero-order valence-corrected chi connectivity index (χ0v) is 18.3. The van der Waals surface area contributed by atoms with Gasteiger partial charge in [-0.25, -0.2) is 17.2 Å². The lowest BCUT2D eigenvalue weighted by Gasteiger charge is -2.24. The number of hydrogen-bond acceptors (Lipinski definition) is 4. The van der Waals surface area contributed by atoms with Crippen molar-refractivity contribution in [1.29, 1.82) is 0 Å². The van der Waals surface area contributed by atoms with Crippen LogP contribution >= 0.6 is 0 Å². The number of nitrogens with one attached hydrogen (secondary N) is 1. The highest BCUT2D eigenvalue weighted by Crippen LogP contribution is 2.27. The Hall–Kier alpha value is -3.46. The molecule has 0 atom stereocenters. The van der Waals surface area contributed by atoms with Gasteiger partial charge in [-0.15, -0.1) is 0 Å². The lowest BCUT2D eigenvalue weighted by Crippen LogP contribution is -2.29. The molecule has 3 rings (SSSR count). The Morgan fingerprint density at radius 3 is 2.34 bits per heavy atom. The summed E-state index contributed by atoms with van der Waals surface area (Å²) >= 11 is 0. The highest BCUT2D eigenvalue weighted by molar-refractivity contribution is 7.92. The SMILES string of the molecule is CCOc1ccc(C(=O)Nc2cccc(F)c2)cc1CN(c1ccc(F)cc1)S(C)(=O)=O. The highest BCUT2D eigenvalue weighted by Gasteiger charge is 2.21. The number of sulfonamides is 1. The molecule has 0 aliphatic heterocycles. The van der Waals surface area contributed by atoms with E-state index in [0.717, 1.165) is 10.6 Å². The van der Waals surface area contributed by atoms with Crippen LogP contribution < -0.4 is 14.4 Å². The number of carbonyl (C=O) groups excluding carboxylic acids is 1. The third-order valence-corrected chi connectivity index (χ3v) is 5.67. The Morgan fingerprint density at radius 2 is 1.72 bits per heavy atom. The fourth-order valence-corrected chi connectivity index (χ4v) is 3.95. The van der Waals surface area contributed by atoms with Gasteiger partial charge in [0.2, 0.25) is 10.0 Å². The molecule has 0 aliphatic carbocycles. The Kier molecular flexibility index (Phi) is 7.09. The first-order valence-corrected chi connectivity index (χ1v) is 11.6. The highest BCUT2D eigenvalue weighted by atomic mass is 32.2. The molecule has 0 saturated carbocycles. The minimum Gasteiger partial charge on any atom is -0.494 e. The van der Waals surface area contributed by atoms with Crippen LogP contribution in [0.2, 0.25) is 0 Å². The average Bonchev–Trinajstić information content (AvgIpc) is 2.73. The van der Waals surface area contributed by atoms with Gasteiger partial charge in [0.25, 0.3) is 5.91 Å². The molecule has 168 valence electrons. The first-order valence-electron chi connectivity index (χ1n) is 9.73. The van der Waals surface area contributed by atoms with Gasteiger partial charge in [-0.1, -0.05) is 6.07 Å². The summed E-state index contributed by atoms with van der Waals surface area (Å²) < 4.78 is 58.4. The van der Waals surface area contributed by atoms with E-state index in [-0.39, 0.29) is 23.5 Å². The van der Waals surface area contributed by atoms with Crippen LogP contribution in [0.3, 0.4) is 0 Å². The van der Waals surface area contributed by atoms with Crippen molar-refractivity contribution in [1.82, 2.24) is 0 Å². The fraction of sp³-hybridized carbons (Fsp3) is 0.174. The van der Waals surface area contributed by atoms with Gasteiger partial charge in [0.15, 0.2) is 0 Å². The quantitative estimate of drug-likeness (QED) is 0.534. The third-order valence-electron chi connectivity index (χ3n) is 4.53. The van der Waals surface area contributed by atoms with Crippen LogP contribution in [0.5, 0.6) is 5.75 Å². The van der Waals surface area contributed by atoms with Crippen molar-refractivity contribution >= 4 is 27.3 Å². The molecule has 1 amide bonds. The number of nitrogens with zero attached hydrogens (tertiary/aromatic N) is 1. The summed E-state index contributed by atoms with van der Waals surface area (Å²) in [6, 6.07) is 15.1. The number of rotatable bonds is 8. The van der Waals surface area contributed by atoms with E-state index in [1.807, 2.05) is 0 Å². The van der Waals surface area contributed by atoms with Crippen LogP contribution in [0.25, 0.3) is 0 Å². The van der Waals surface area contributed by atoms with Gasteiger partial charge in [-0.2, -0.15) is 0 Å². The number of ether oxygens (including phenoxy) is 1. The molecule has 6 nitrogen and oxygen atoms in total. The van der Waals surface area contributed by atoms with E-state index in [4.69, 9.17) is 4.74 Å². The van der Waals surface area contributed by atoms with Gasteiger partial charge in [0.05, 0.1) is 25.1 Å². The molecule has 1 N–H and O–H groups in total. The van der Waals surface area contributed by atoms with Crippen molar-refractivity contribution < 1.29 is 26.7 Å². The second kappa shape index (κ2) is 9.78. The summed E-state index contributed by atoms with van der Waals surface area (Å²) in [5.41, 5.74) is 1.23. The zero-order chi connectivity index (χ0) is 23.3. The van der Waals surface area contributed by atoms with Gasteiger partial charge in [0.1, 0.15) is 17.4 Å². The molecule has 0 aromatic heterocycles. The maximum Gasteiger partial charge on any atom is 0.255 e. The van der Waals surface area contributed by atoms with Crippen molar-refractivity contribution in [2.24, 2.45) is 0 Å². The summed E-state index contributed by atoms with van der Waals surface area (Å²) in [4.78, 5) is 12.7. The molecule has 0 bridgehead atoms. The van der Waals surface area contributed by atoms with Gasteiger partial charge in [-0.3, -0.25) is 9.10 Å². The van der Waals surface area contributed by atoms with E-state index in [1.54, 1.807) is 19.1 Å². The molecular weight excluding hydrogens is 438 g/mol. The topological polar surface area (TPSA) is 75.7 Å². The van der Waals surface area contributed by atoms with Crippen LogP contribution in [-0.2, 0) is 16.6 Å². The lowest BCUT2D eigenvalue weighted by atomic mass is 10.1. The molecule has 0 saturated heterocycles. The van der Waals surface area contributed by atoms with Crippen LogP contribution in [0, 0.1) is 11.6 Å². The zero-order valence-electron chi connectivity index (χ0n) is 17.5. The second-order valence-electron chi connectivity index (χ2n) is 6.97. The van der Waals surface area contributed by atoms with Gasteiger partial charge < -0.3 is 10.1 Å². The summed E-state index contributed by atoms with van der Waals surface area (Å²) in [5, 5.41) is 2.61. The Bertz CT molecular complexity index is 1210. The molecule has 0 aliphatic rings. The van der Waals surface area contributed by atoms with Crippen molar-refractivity contribution in [2.75, 3.05) is 22.5 Å². The van der Waals surface area contributed by atoms with Gasteiger partial charge in [0, 0.05) is 16.8 Å². The molecule has 0 radical (unpaired) electrons. The van der Waals surface area contributed by atoms with E-state index in [0.29, 0.717) is 17.9 Å². The van der Waals surface area contributed by atoms with Gasteiger partial charge in [-0.05, 0) is 67.6 Å². The average molecular weight is 461 g/mol. The summed E-state index contributed by atoms with van der Waals surface area (Å²) in [6.45, 7) is 1.97. The predicted molar refractivity (Wildman–Crippen MR) is 119 cm³/mol.